The van der Waals surface area contributed by atoms with Gasteiger partial charge >= 0.3 is 0 Å². The number of benzene rings is 2. The lowest BCUT2D eigenvalue weighted by atomic mass is 10.1. The SMILES string of the molecule is NCC(=O)CC(c1ccccc1)S(=O)C=Cc1ccccc1. The highest BCUT2D eigenvalue weighted by Gasteiger charge is 2.20. The van der Waals surface area contributed by atoms with E-state index in [0.29, 0.717) is 0 Å². The zero-order valence-corrected chi connectivity index (χ0v) is 13.0. The van der Waals surface area contributed by atoms with E-state index in [1.807, 2.05) is 66.7 Å². The second-order valence-electron chi connectivity index (χ2n) is 4.89. The Morgan fingerprint density at radius 1 is 1.05 bits per heavy atom. The average Bonchev–Trinajstić information content (AvgIpc) is 2.59. The fourth-order valence-corrected chi connectivity index (χ4v) is 3.35. The number of nitrogens with two attached hydrogens (primary N) is 1. The molecular weight excluding hydrogens is 294 g/mol. The van der Waals surface area contributed by atoms with Crippen molar-refractivity contribution in [3.63, 3.8) is 0 Å². The van der Waals surface area contributed by atoms with Gasteiger partial charge in [-0.3, -0.25) is 9.00 Å². The predicted octanol–water partition coefficient (Wildman–Crippen LogP) is 3.07. The molecule has 0 saturated carbocycles. The molecule has 0 aliphatic carbocycles. The summed E-state index contributed by atoms with van der Waals surface area (Å²) in [5.74, 6) is -0.0877. The van der Waals surface area contributed by atoms with Crippen molar-refractivity contribution in [2.75, 3.05) is 6.54 Å². The summed E-state index contributed by atoms with van der Waals surface area (Å²) in [4.78, 5) is 11.7. The monoisotopic (exact) mass is 313 g/mol. The number of ketones is 1. The van der Waals surface area contributed by atoms with Crippen LogP contribution in [0.4, 0.5) is 0 Å². The molecule has 2 N–H and O–H groups in total. The molecule has 22 heavy (non-hydrogen) atoms. The van der Waals surface area contributed by atoms with Gasteiger partial charge in [0.05, 0.1) is 22.6 Å². The summed E-state index contributed by atoms with van der Waals surface area (Å²) in [7, 11) is -1.29. The van der Waals surface area contributed by atoms with Crippen LogP contribution in [0.25, 0.3) is 6.08 Å². The van der Waals surface area contributed by atoms with Gasteiger partial charge in [0.15, 0.2) is 0 Å². The zero-order chi connectivity index (χ0) is 15.8. The first-order valence-electron chi connectivity index (χ1n) is 7.10. The minimum absolute atomic E-state index is 0.0249. The van der Waals surface area contributed by atoms with E-state index in [2.05, 4.69) is 0 Å². The molecular formula is C18H19NO2S. The molecule has 2 atom stereocenters. The topological polar surface area (TPSA) is 60.2 Å². The fourth-order valence-electron chi connectivity index (χ4n) is 2.10. The largest absolute Gasteiger partial charge is 0.324 e. The average molecular weight is 313 g/mol. The van der Waals surface area contributed by atoms with E-state index < -0.39 is 10.8 Å². The van der Waals surface area contributed by atoms with E-state index >= 15 is 0 Å². The van der Waals surface area contributed by atoms with Gasteiger partial charge in [-0.25, -0.2) is 0 Å². The van der Waals surface area contributed by atoms with Crippen molar-refractivity contribution < 1.29 is 9.00 Å². The van der Waals surface area contributed by atoms with Crippen molar-refractivity contribution in [1.29, 1.82) is 0 Å². The molecule has 0 fully saturated rings. The Labute approximate surface area is 133 Å². The lowest BCUT2D eigenvalue weighted by Crippen LogP contribution is -2.18. The standard InChI is InChI=1S/C18H19NO2S/c19-14-17(20)13-18(16-9-5-2-6-10-16)22(21)12-11-15-7-3-1-4-8-15/h1-12,18H,13-14,19H2. The molecule has 0 aliphatic rings. The molecule has 0 aliphatic heterocycles. The first-order valence-corrected chi connectivity index (χ1v) is 8.37. The van der Waals surface area contributed by atoms with Crippen LogP contribution in [-0.4, -0.2) is 16.5 Å². The Bertz CT molecular complexity index is 653. The molecule has 3 nitrogen and oxygen atoms in total. The van der Waals surface area contributed by atoms with Gasteiger partial charge in [0.2, 0.25) is 0 Å². The van der Waals surface area contributed by atoms with Crippen molar-refractivity contribution >= 4 is 22.7 Å². The third-order valence-corrected chi connectivity index (χ3v) is 4.69. The highest BCUT2D eigenvalue weighted by Crippen LogP contribution is 2.25. The van der Waals surface area contributed by atoms with Crippen LogP contribution in [0.1, 0.15) is 22.8 Å². The minimum Gasteiger partial charge on any atom is -0.324 e. The van der Waals surface area contributed by atoms with Gasteiger partial charge in [-0.1, -0.05) is 60.7 Å². The van der Waals surface area contributed by atoms with E-state index in [9.17, 15) is 9.00 Å². The van der Waals surface area contributed by atoms with Crippen LogP contribution in [0.3, 0.4) is 0 Å². The fraction of sp³-hybridized carbons (Fsp3) is 0.167. The lowest BCUT2D eigenvalue weighted by molar-refractivity contribution is -0.117. The van der Waals surface area contributed by atoms with Gasteiger partial charge in [0.1, 0.15) is 5.78 Å². The third kappa shape index (κ3) is 4.76. The maximum Gasteiger partial charge on any atom is 0.147 e. The summed E-state index contributed by atoms with van der Waals surface area (Å²) in [5.41, 5.74) is 7.27. The lowest BCUT2D eigenvalue weighted by Gasteiger charge is -2.14. The Balaban J connectivity index is 2.19. The second kappa shape index (κ2) is 8.41. The molecule has 0 aromatic heterocycles. The van der Waals surface area contributed by atoms with Crippen molar-refractivity contribution in [3.8, 4) is 0 Å². The number of rotatable bonds is 7. The number of Topliss-reactive ketones (excluding diaryl/α,β-unsaturated/α-hetero) is 1. The van der Waals surface area contributed by atoms with Crippen LogP contribution in [0, 0.1) is 0 Å². The number of hydrogen-bond donors (Lipinski definition) is 1. The molecule has 0 heterocycles. The van der Waals surface area contributed by atoms with Crippen LogP contribution in [0.2, 0.25) is 0 Å². The van der Waals surface area contributed by atoms with Crippen molar-refractivity contribution in [3.05, 3.63) is 77.2 Å². The van der Waals surface area contributed by atoms with E-state index in [4.69, 9.17) is 5.73 Å². The van der Waals surface area contributed by atoms with Gasteiger partial charge in [-0.2, -0.15) is 0 Å². The normalized spacial score (nSPS) is 13.9. The molecule has 2 aromatic rings. The van der Waals surface area contributed by atoms with Gasteiger partial charge in [0, 0.05) is 11.8 Å². The van der Waals surface area contributed by atoms with Crippen molar-refractivity contribution in [1.82, 2.24) is 0 Å². The Morgan fingerprint density at radius 2 is 1.64 bits per heavy atom. The Morgan fingerprint density at radius 3 is 2.23 bits per heavy atom. The molecule has 2 unspecified atom stereocenters. The molecule has 4 heteroatoms. The molecule has 0 amide bonds. The summed E-state index contributed by atoms with van der Waals surface area (Å²) in [5, 5.41) is 1.29. The third-order valence-electron chi connectivity index (χ3n) is 3.29. The minimum atomic E-state index is -1.29. The number of hydrogen-bond acceptors (Lipinski definition) is 3. The summed E-state index contributed by atoms with van der Waals surface area (Å²) in [6.07, 6.45) is 2.01. The molecule has 0 saturated heterocycles. The predicted molar refractivity (Wildman–Crippen MR) is 91.5 cm³/mol. The van der Waals surface area contributed by atoms with Crippen LogP contribution < -0.4 is 5.73 Å². The second-order valence-corrected chi connectivity index (χ2v) is 6.39. The molecule has 0 spiro atoms. The van der Waals surface area contributed by atoms with E-state index in [1.165, 1.54) is 0 Å². The maximum absolute atomic E-state index is 12.6. The zero-order valence-electron chi connectivity index (χ0n) is 12.2. The molecule has 0 bridgehead atoms. The smallest absolute Gasteiger partial charge is 0.147 e. The van der Waals surface area contributed by atoms with E-state index in [0.717, 1.165) is 11.1 Å². The summed E-state index contributed by atoms with van der Waals surface area (Å²) in [6.45, 7) is -0.0249. The summed E-state index contributed by atoms with van der Waals surface area (Å²) in [6, 6.07) is 19.1. The summed E-state index contributed by atoms with van der Waals surface area (Å²) >= 11 is 0. The van der Waals surface area contributed by atoms with Crippen molar-refractivity contribution in [2.45, 2.75) is 11.7 Å². The van der Waals surface area contributed by atoms with Gasteiger partial charge < -0.3 is 5.73 Å². The first kappa shape index (κ1) is 16.3. The highest BCUT2D eigenvalue weighted by molar-refractivity contribution is 7.88. The van der Waals surface area contributed by atoms with Crippen LogP contribution in [0.5, 0.6) is 0 Å². The van der Waals surface area contributed by atoms with Gasteiger partial charge in [-0.15, -0.1) is 0 Å². The molecule has 2 rings (SSSR count). The number of carbonyl (C=O) groups excluding carboxylic acids is 1. The Hall–Kier alpha value is -2.04. The first-order chi connectivity index (χ1) is 10.7. The quantitative estimate of drug-likeness (QED) is 0.854. The molecule has 2 aromatic carbocycles. The number of carbonyl (C=O) groups is 1. The van der Waals surface area contributed by atoms with Gasteiger partial charge in [0.25, 0.3) is 0 Å². The van der Waals surface area contributed by atoms with Crippen molar-refractivity contribution in [2.24, 2.45) is 5.73 Å². The molecule has 0 radical (unpaired) electrons. The van der Waals surface area contributed by atoms with E-state index in [-0.39, 0.29) is 24.0 Å². The van der Waals surface area contributed by atoms with Crippen LogP contribution >= 0.6 is 0 Å². The van der Waals surface area contributed by atoms with E-state index in [1.54, 1.807) is 5.41 Å². The summed E-state index contributed by atoms with van der Waals surface area (Å²) < 4.78 is 12.6. The molecule has 114 valence electrons. The van der Waals surface area contributed by atoms with Crippen LogP contribution in [-0.2, 0) is 15.6 Å². The Kier molecular flexibility index (Phi) is 6.25. The van der Waals surface area contributed by atoms with Crippen LogP contribution in [0.15, 0.2) is 66.1 Å². The maximum atomic E-state index is 12.6. The van der Waals surface area contributed by atoms with Gasteiger partial charge in [-0.05, 0) is 17.2 Å². The highest BCUT2D eigenvalue weighted by atomic mass is 32.2.